The monoisotopic (exact) mass is 166 g/mol. The van der Waals surface area contributed by atoms with Gasteiger partial charge >= 0.3 is 0 Å². The molecule has 3 nitrogen and oxygen atoms in total. The molecule has 0 saturated heterocycles. The summed E-state index contributed by atoms with van der Waals surface area (Å²) in [7, 11) is 0. The van der Waals surface area contributed by atoms with Crippen molar-refractivity contribution in [1.82, 2.24) is 5.43 Å². The molecule has 0 heterocycles. The van der Waals surface area contributed by atoms with Crippen LogP contribution in [0.5, 0.6) is 0 Å². The maximum atomic E-state index is 12.4. The maximum Gasteiger partial charge on any atom is 0.271 e. The fourth-order valence-corrected chi connectivity index (χ4v) is 0.738. The second kappa shape index (κ2) is 3.61. The smallest absolute Gasteiger partial charge is 0.267 e. The lowest BCUT2D eigenvalue weighted by Crippen LogP contribution is -2.16. The average molecular weight is 166 g/mol. The van der Waals surface area contributed by atoms with E-state index in [0.29, 0.717) is 5.56 Å². The van der Waals surface area contributed by atoms with Crippen molar-refractivity contribution in [2.45, 2.75) is 0 Å². The first-order chi connectivity index (χ1) is 5.74. The molecule has 0 aliphatic heterocycles. The minimum Gasteiger partial charge on any atom is -0.267 e. The summed E-state index contributed by atoms with van der Waals surface area (Å²) in [6, 6.07) is 5.15. The van der Waals surface area contributed by atoms with Crippen LogP contribution in [0.1, 0.15) is 10.4 Å². The van der Waals surface area contributed by atoms with Gasteiger partial charge in [-0.3, -0.25) is 4.79 Å². The van der Waals surface area contributed by atoms with E-state index in [4.69, 9.17) is 0 Å². The molecule has 1 N–H and O–H groups in total. The second-order valence-electron chi connectivity index (χ2n) is 2.11. The summed E-state index contributed by atoms with van der Waals surface area (Å²) in [6.07, 6.45) is 0. The van der Waals surface area contributed by atoms with Gasteiger partial charge < -0.3 is 0 Å². The molecule has 0 saturated carbocycles. The predicted octanol–water partition coefficient (Wildman–Crippen LogP) is 1.17. The normalized spacial score (nSPS) is 9.08. The molecule has 0 aromatic heterocycles. The van der Waals surface area contributed by atoms with Crippen LogP contribution >= 0.6 is 0 Å². The zero-order valence-electron chi connectivity index (χ0n) is 6.25. The number of benzene rings is 1. The quantitative estimate of drug-likeness (QED) is 0.520. The molecule has 0 unspecified atom stereocenters. The van der Waals surface area contributed by atoms with Crippen molar-refractivity contribution >= 4 is 12.6 Å². The largest absolute Gasteiger partial charge is 0.271 e. The van der Waals surface area contributed by atoms with Crippen molar-refractivity contribution in [2.24, 2.45) is 5.10 Å². The highest BCUT2D eigenvalue weighted by atomic mass is 19.1. The van der Waals surface area contributed by atoms with Crippen molar-refractivity contribution in [2.75, 3.05) is 0 Å². The van der Waals surface area contributed by atoms with E-state index in [1.54, 1.807) is 0 Å². The Morgan fingerprint density at radius 2 is 2.00 bits per heavy atom. The molecule has 62 valence electrons. The Kier molecular flexibility index (Phi) is 2.53. The Hall–Kier alpha value is -1.71. The summed E-state index contributed by atoms with van der Waals surface area (Å²) < 4.78 is 12.4. The van der Waals surface area contributed by atoms with E-state index >= 15 is 0 Å². The van der Waals surface area contributed by atoms with Crippen LogP contribution in [-0.4, -0.2) is 12.6 Å². The topological polar surface area (TPSA) is 41.5 Å². The van der Waals surface area contributed by atoms with E-state index in [0.717, 1.165) is 0 Å². The van der Waals surface area contributed by atoms with E-state index in [1.165, 1.54) is 24.3 Å². The Morgan fingerprint density at radius 3 is 2.50 bits per heavy atom. The molecule has 12 heavy (non-hydrogen) atoms. The van der Waals surface area contributed by atoms with Gasteiger partial charge in [-0.25, -0.2) is 9.82 Å². The molecule has 0 spiro atoms. The fraction of sp³-hybridized carbons (Fsp3) is 0. The van der Waals surface area contributed by atoms with Gasteiger partial charge in [0.1, 0.15) is 5.82 Å². The van der Waals surface area contributed by atoms with E-state index in [9.17, 15) is 9.18 Å². The average Bonchev–Trinajstić information content (AvgIpc) is 2.06. The Labute approximate surface area is 68.9 Å². The van der Waals surface area contributed by atoms with Crippen molar-refractivity contribution in [3.63, 3.8) is 0 Å². The molecule has 0 radical (unpaired) electrons. The van der Waals surface area contributed by atoms with Gasteiger partial charge in [0.05, 0.1) is 0 Å². The van der Waals surface area contributed by atoms with Gasteiger partial charge in [-0.05, 0) is 24.3 Å². The third kappa shape index (κ3) is 1.88. The van der Waals surface area contributed by atoms with Gasteiger partial charge in [-0.1, -0.05) is 0 Å². The minimum atomic E-state index is -0.398. The molecular weight excluding hydrogens is 159 g/mol. The third-order valence-corrected chi connectivity index (χ3v) is 1.29. The van der Waals surface area contributed by atoms with E-state index in [-0.39, 0.29) is 5.82 Å². The van der Waals surface area contributed by atoms with Crippen molar-refractivity contribution in [3.8, 4) is 0 Å². The molecule has 4 heteroatoms. The van der Waals surface area contributed by atoms with Crippen molar-refractivity contribution in [3.05, 3.63) is 35.6 Å². The summed E-state index contributed by atoms with van der Waals surface area (Å²) in [5.74, 6) is -0.775. The second-order valence-corrected chi connectivity index (χ2v) is 2.11. The molecule has 0 atom stereocenters. The molecular formula is C8H7FN2O. The standard InChI is InChI=1S/C8H7FN2O/c1-10-11-8(12)6-2-4-7(9)5-3-6/h2-5H,1H2,(H,11,12). The number of carbonyl (C=O) groups excluding carboxylic acids is 1. The molecule has 1 rings (SSSR count). The zero-order chi connectivity index (χ0) is 8.97. The van der Waals surface area contributed by atoms with Crippen LogP contribution in [0.25, 0.3) is 0 Å². The number of rotatable bonds is 2. The van der Waals surface area contributed by atoms with Crippen molar-refractivity contribution in [1.29, 1.82) is 0 Å². The Morgan fingerprint density at radius 1 is 1.42 bits per heavy atom. The van der Waals surface area contributed by atoms with Gasteiger partial charge in [-0.2, -0.15) is 5.10 Å². The number of nitrogens with zero attached hydrogens (tertiary/aromatic N) is 1. The molecule has 1 amide bonds. The lowest BCUT2D eigenvalue weighted by Gasteiger charge is -1.97. The summed E-state index contributed by atoms with van der Waals surface area (Å²) in [5.41, 5.74) is 2.48. The molecule has 0 aliphatic carbocycles. The highest BCUT2D eigenvalue weighted by molar-refractivity contribution is 5.93. The number of carbonyl (C=O) groups is 1. The number of hydrogen-bond donors (Lipinski definition) is 1. The molecule has 0 bridgehead atoms. The van der Waals surface area contributed by atoms with Gasteiger partial charge in [0.15, 0.2) is 0 Å². The summed E-state index contributed by atoms with van der Waals surface area (Å²) >= 11 is 0. The van der Waals surface area contributed by atoms with Crippen LogP contribution in [0.15, 0.2) is 29.4 Å². The number of hydrazone groups is 1. The van der Waals surface area contributed by atoms with Crippen molar-refractivity contribution < 1.29 is 9.18 Å². The molecule has 0 fully saturated rings. The van der Waals surface area contributed by atoms with Gasteiger partial charge in [0.2, 0.25) is 0 Å². The number of halogens is 1. The van der Waals surface area contributed by atoms with Gasteiger partial charge in [0.25, 0.3) is 5.91 Å². The minimum absolute atomic E-state index is 0.351. The number of amides is 1. The first kappa shape index (κ1) is 8.39. The summed E-state index contributed by atoms with van der Waals surface area (Å²) in [5, 5.41) is 3.19. The van der Waals surface area contributed by atoms with E-state index in [2.05, 4.69) is 17.2 Å². The maximum absolute atomic E-state index is 12.4. The fourth-order valence-electron chi connectivity index (χ4n) is 0.738. The lowest BCUT2D eigenvalue weighted by molar-refractivity contribution is 0.0955. The zero-order valence-corrected chi connectivity index (χ0v) is 6.25. The molecule has 1 aromatic carbocycles. The van der Waals surface area contributed by atoms with E-state index in [1.807, 2.05) is 0 Å². The van der Waals surface area contributed by atoms with Gasteiger partial charge in [-0.15, -0.1) is 0 Å². The van der Waals surface area contributed by atoms with Crippen LogP contribution in [-0.2, 0) is 0 Å². The lowest BCUT2D eigenvalue weighted by atomic mass is 10.2. The Bertz CT molecular complexity index is 294. The molecule has 1 aromatic rings. The summed E-state index contributed by atoms with van der Waals surface area (Å²) in [6.45, 7) is 3.09. The highest BCUT2D eigenvalue weighted by Crippen LogP contribution is 2.01. The predicted molar refractivity (Wildman–Crippen MR) is 43.4 cm³/mol. The Balaban J connectivity index is 2.82. The SMILES string of the molecule is C=NNC(=O)c1ccc(F)cc1. The van der Waals surface area contributed by atoms with Gasteiger partial charge in [0, 0.05) is 12.3 Å². The molecule has 0 aliphatic rings. The first-order valence-corrected chi connectivity index (χ1v) is 3.25. The van der Waals surface area contributed by atoms with Crippen LogP contribution < -0.4 is 5.43 Å². The number of hydrogen-bond acceptors (Lipinski definition) is 2. The number of nitrogens with one attached hydrogen (secondary N) is 1. The first-order valence-electron chi connectivity index (χ1n) is 3.25. The highest BCUT2D eigenvalue weighted by Gasteiger charge is 2.02. The summed E-state index contributed by atoms with van der Waals surface area (Å²) in [4.78, 5) is 11.0. The van der Waals surface area contributed by atoms with Crippen LogP contribution in [0, 0.1) is 5.82 Å². The third-order valence-electron chi connectivity index (χ3n) is 1.29. The van der Waals surface area contributed by atoms with Crippen LogP contribution in [0.3, 0.4) is 0 Å². The van der Waals surface area contributed by atoms with Crippen LogP contribution in [0.4, 0.5) is 4.39 Å². The van der Waals surface area contributed by atoms with Crippen LogP contribution in [0.2, 0.25) is 0 Å². The van der Waals surface area contributed by atoms with E-state index < -0.39 is 5.91 Å².